The van der Waals surface area contributed by atoms with Gasteiger partial charge in [-0.3, -0.25) is 4.79 Å². The Morgan fingerprint density at radius 2 is 2.12 bits per heavy atom. The molecular formula is C12H19NO2S. The zero-order chi connectivity index (χ0) is 12.3. The molecule has 1 amide bonds. The van der Waals surface area contributed by atoms with Gasteiger partial charge < -0.3 is 10.0 Å². The predicted octanol–water partition coefficient (Wildman–Crippen LogP) is 2.21. The maximum atomic E-state index is 12.2. The third kappa shape index (κ3) is 2.83. The number of aryl methyl sites for hydroxylation is 2. The molecule has 0 bridgehead atoms. The van der Waals surface area contributed by atoms with Gasteiger partial charge in [-0.2, -0.15) is 0 Å². The summed E-state index contributed by atoms with van der Waals surface area (Å²) >= 11 is 1.52. The molecule has 0 saturated carbocycles. The summed E-state index contributed by atoms with van der Waals surface area (Å²) in [5.74, 6) is 0.0188. The van der Waals surface area contributed by atoms with E-state index in [0.717, 1.165) is 10.4 Å². The lowest BCUT2D eigenvalue weighted by Crippen LogP contribution is -2.38. The molecule has 0 fully saturated rings. The molecule has 1 rings (SSSR count). The number of carbonyl (C=O) groups is 1. The fraction of sp³-hybridized carbons (Fsp3) is 0.583. The van der Waals surface area contributed by atoms with Gasteiger partial charge in [0.25, 0.3) is 5.91 Å². The van der Waals surface area contributed by atoms with Gasteiger partial charge in [0, 0.05) is 17.5 Å². The smallest absolute Gasteiger partial charge is 0.264 e. The molecule has 0 spiro atoms. The highest BCUT2D eigenvalue weighted by Gasteiger charge is 2.20. The topological polar surface area (TPSA) is 40.5 Å². The van der Waals surface area contributed by atoms with E-state index in [1.807, 2.05) is 33.8 Å². The first-order chi connectivity index (χ1) is 7.47. The van der Waals surface area contributed by atoms with Crippen molar-refractivity contribution in [1.29, 1.82) is 0 Å². The number of nitrogens with zero attached hydrogens (tertiary/aromatic N) is 1. The van der Waals surface area contributed by atoms with Gasteiger partial charge in [0.1, 0.15) is 0 Å². The van der Waals surface area contributed by atoms with Crippen LogP contribution in [-0.4, -0.2) is 35.1 Å². The first-order valence-corrected chi connectivity index (χ1v) is 6.28. The van der Waals surface area contributed by atoms with E-state index >= 15 is 0 Å². The Labute approximate surface area is 101 Å². The van der Waals surface area contributed by atoms with Crippen molar-refractivity contribution < 1.29 is 9.90 Å². The van der Waals surface area contributed by atoms with Crippen LogP contribution in [0.15, 0.2) is 6.07 Å². The summed E-state index contributed by atoms with van der Waals surface area (Å²) in [6.07, 6.45) is 0. The molecule has 0 unspecified atom stereocenters. The summed E-state index contributed by atoms with van der Waals surface area (Å²) in [6, 6.07) is 2.04. The summed E-state index contributed by atoms with van der Waals surface area (Å²) in [7, 11) is 0. The normalized spacial score (nSPS) is 10.9. The van der Waals surface area contributed by atoms with Crippen molar-refractivity contribution in [2.24, 2.45) is 0 Å². The highest BCUT2D eigenvalue weighted by molar-refractivity contribution is 7.14. The van der Waals surface area contributed by atoms with Crippen LogP contribution < -0.4 is 0 Å². The molecule has 0 saturated heterocycles. The standard InChI is InChI=1S/C12H19NO2S/c1-8(2)13(5-6-14)12(15)11-7-9(3)10(4)16-11/h7-8,14H,5-6H2,1-4H3. The maximum absolute atomic E-state index is 12.2. The molecule has 1 heterocycles. The Balaban J connectivity index is 2.90. The van der Waals surface area contributed by atoms with Crippen molar-refractivity contribution in [2.75, 3.05) is 13.2 Å². The van der Waals surface area contributed by atoms with Crippen LogP contribution in [0.3, 0.4) is 0 Å². The molecule has 0 aliphatic carbocycles. The molecule has 0 aromatic carbocycles. The van der Waals surface area contributed by atoms with Crippen molar-refractivity contribution in [3.63, 3.8) is 0 Å². The Bertz CT molecular complexity index is 352. The van der Waals surface area contributed by atoms with E-state index in [9.17, 15) is 4.79 Å². The van der Waals surface area contributed by atoms with Crippen molar-refractivity contribution in [1.82, 2.24) is 4.90 Å². The predicted molar refractivity (Wildman–Crippen MR) is 67.1 cm³/mol. The van der Waals surface area contributed by atoms with E-state index in [0.29, 0.717) is 6.54 Å². The zero-order valence-electron chi connectivity index (χ0n) is 10.3. The summed E-state index contributed by atoms with van der Waals surface area (Å²) < 4.78 is 0. The van der Waals surface area contributed by atoms with Crippen LogP contribution in [0, 0.1) is 13.8 Å². The van der Waals surface area contributed by atoms with Crippen LogP contribution in [0.4, 0.5) is 0 Å². The van der Waals surface area contributed by atoms with Gasteiger partial charge in [0.05, 0.1) is 11.5 Å². The van der Waals surface area contributed by atoms with Crippen molar-refractivity contribution in [2.45, 2.75) is 33.7 Å². The minimum Gasteiger partial charge on any atom is -0.395 e. The number of thiophene rings is 1. The van der Waals surface area contributed by atoms with E-state index in [1.54, 1.807) is 4.90 Å². The van der Waals surface area contributed by atoms with E-state index < -0.39 is 0 Å². The molecule has 3 nitrogen and oxygen atoms in total. The quantitative estimate of drug-likeness (QED) is 0.878. The number of hydrogen-bond acceptors (Lipinski definition) is 3. The molecule has 1 aromatic rings. The van der Waals surface area contributed by atoms with Gasteiger partial charge in [-0.1, -0.05) is 0 Å². The van der Waals surface area contributed by atoms with Gasteiger partial charge in [0.2, 0.25) is 0 Å². The number of aliphatic hydroxyl groups is 1. The molecule has 4 heteroatoms. The van der Waals surface area contributed by atoms with Gasteiger partial charge in [-0.25, -0.2) is 0 Å². The zero-order valence-corrected chi connectivity index (χ0v) is 11.1. The molecule has 0 atom stereocenters. The lowest BCUT2D eigenvalue weighted by Gasteiger charge is -2.25. The average Bonchev–Trinajstić information content (AvgIpc) is 2.54. The molecule has 90 valence electrons. The number of rotatable bonds is 4. The average molecular weight is 241 g/mol. The Kier molecular flexibility index (Phi) is 4.50. The second-order valence-corrected chi connectivity index (χ2v) is 5.42. The fourth-order valence-electron chi connectivity index (χ4n) is 1.52. The van der Waals surface area contributed by atoms with Crippen molar-refractivity contribution in [3.05, 3.63) is 21.4 Å². The van der Waals surface area contributed by atoms with Crippen LogP contribution in [-0.2, 0) is 0 Å². The van der Waals surface area contributed by atoms with E-state index in [1.165, 1.54) is 16.2 Å². The Hall–Kier alpha value is -0.870. The van der Waals surface area contributed by atoms with Crippen molar-refractivity contribution >= 4 is 17.2 Å². The lowest BCUT2D eigenvalue weighted by molar-refractivity contribution is 0.0670. The summed E-state index contributed by atoms with van der Waals surface area (Å²) in [4.78, 5) is 15.8. The van der Waals surface area contributed by atoms with Crippen LogP contribution in [0.2, 0.25) is 0 Å². The van der Waals surface area contributed by atoms with E-state index in [2.05, 4.69) is 0 Å². The molecular weight excluding hydrogens is 222 g/mol. The summed E-state index contributed by atoms with van der Waals surface area (Å²) in [5, 5.41) is 8.95. The molecule has 0 aliphatic heterocycles. The third-order valence-electron chi connectivity index (χ3n) is 2.60. The van der Waals surface area contributed by atoms with Gasteiger partial charge in [-0.05, 0) is 39.3 Å². The highest BCUT2D eigenvalue weighted by atomic mass is 32.1. The van der Waals surface area contributed by atoms with Gasteiger partial charge in [-0.15, -0.1) is 11.3 Å². The SMILES string of the molecule is Cc1cc(C(=O)N(CCO)C(C)C)sc1C. The van der Waals surface area contributed by atoms with Gasteiger partial charge in [0.15, 0.2) is 0 Å². The highest BCUT2D eigenvalue weighted by Crippen LogP contribution is 2.22. The van der Waals surface area contributed by atoms with Gasteiger partial charge >= 0.3 is 0 Å². The molecule has 1 N–H and O–H groups in total. The fourth-order valence-corrected chi connectivity index (χ4v) is 2.51. The van der Waals surface area contributed by atoms with E-state index in [4.69, 9.17) is 5.11 Å². The monoisotopic (exact) mass is 241 g/mol. The van der Waals surface area contributed by atoms with Crippen LogP contribution in [0.5, 0.6) is 0 Å². The molecule has 0 aliphatic rings. The summed E-state index contributed by atoms with van der Waals surface area (Å²) in [6.45, 7) is 8.35. The number of aliphatic hydroxyl groups excluding tert-OH is 1. The maximum Gasteiger partial charge on any atom is 0.264 e. The first kappa shape index (κ1) is 13.2. The van der Waals surface area contributed by atoms with Crippen LogP contribution in [0.25, 0.3) is 0 Å². The molecule has 0 radical (unpaired) electrons. The number of hydrogen-bond donors (Lipinski definition) is 1. The molecule has 16 heavy (non-hydrogen) atoms. The number of carbonyl (C=O) groups excluding carboxylic acids is 1. The minimum absolute atomic E-state index is 0.00720. The van der Waals surface area contributed by atoms with Crippen LogP contribution in [0.1, 0.15) is 34.0 Å². The summed E-state index contributed by atoms with van der Waals surface area (Å²) in [5.41, 5.74) is 1.15. The second kappa shape index (κ2) is 5.46. The minimum atomic E-state index is 0.00720. The number of amides is 1. The van der Waals surface area contributed by atoms with E-state index in [-0.39, 0.29) is 18.6 Å². The second-order valence-electron chi connectivity index (χ2n) is 4.17. The largest absolute Gasteiger partial charge is 0.395 e. The Morgan fingerprint density at radius 3 is 2.50 bits per heavy atom. The molecule has 1 aromatic heterocycles. The Morgan fingerprint density at radius 1 is 1.50 bits per heavy atom. The van der Waals surface area contributed by atoms with Crippen LogP contribution >= 0.6 is 11.3 Å². The lowest BCUT2D eigenvalue weighted by atomic mass is 10.2. The van der Waals surface area contributed by atoms with Crippen molar-refractivity contribution in [3.8, 4) is 0 Å². The third-order valence-corrected chi connectivity index (χ3v) is 3.74. The first-order valence-electron chi connectivity index (χ1n) is 5.46.